The molecule has 1 aromatic rings. The average molecular weight is 233 g/mol. The van der Waals surface area contributed by atoms with Crippen LogP contribution in [-0.4, -0.2) is 23.6 Å². The van der Waals surface area contributed by atoms with Gasteiger partial charge in [0.05, 0.1) is 0 Å². The molecule has 2 rings (SSSR count). The maximum atomic E-state index is 11.9. The first-order valence-electron chi connectivity index (χ1n) is 6.16. The van der Waals surface area contributed by atoms with Gasteiger partial charge in [0.2, 0.25) is 0 Å². The molecule has 2 atom stereocenters. The van der Waals surface area contributed by atoms with E-state index in [-0.39, 0.29) is 6.09 Å². The molecule has 92 valence electrons. The van der Waals surface area contributed by atoms with E-state index in [0.29, 0.717) is 18.6 Å². The van der Waals surface area contributed by atoms with E-state index in [1.165, 1.54) is 0 Å². The van der Waals surface area contributed by atoms with Crippen molar-refractivity contribution in [3.05, 3.63) is 35.9 Å². The van der Waals surface area contributed by atoms with Crippen molar-refractivity contribution in [1.82, 2.24) is 4.90 Å². The van der Waals surface area contributed by atoms with Gasteiger partial charge in [0.25, 0.3) is 0 Å². The van der Waals surface area contributed by atoms with Crippen LogP contribution >= 0.6 is 0 Å². The van der Waals surface area contributed by atoms with Crippen molar-refractivity contribution < 1.29 is 9.53 Å². The Labute approximate surface area is 102 Å². The van der Waals surface area contributed by atoms with Gasteiger partial charge < -0.3 is 9.64 Å². The molecule has 0 N–H and O–H groups in total. The molecular weight excluding hydrogens is 214 g/mol. The summed E-state index contributed by atoms with van der Waals surface area (Å²) in [6, 6.07) is 10.1. The Balaban J connectivity index is 1.86. The summed E-state index contributed by atoms with van der Waals surface area (Å²) in [5.41, 5.74) is 1.03. The number of rotatable bonds is 2. The minimum atomic E-state index is -0.189. The molecule has 17 heavy (non-hydrogen) atoms. The first-order valence-corrected chi connectivity index (χ1v) is 6.16. The molecule has 0 spiro atoms. The maximum absolute atomic E-state index is 11.9. The predicted molar refractivity (Wildman–Crippen MR) is 66.6 cm³/mol. The summed E-state index contributed by atoms with van der Waals surface area (Å²) in [5.74, 6) is 0.569. The molecule has 1 aromatic carbocycles. The number of carbonyl (C=O) groups excluding carboxylic acids is 1. The highest BCUT2D eigenvalue weighted by atomic mass is 16.6. The van der Waals surface area contributed by atoms with E-state index in [2.05, 4.69) is 13.8 Å². The van der Waals surface area contributed by atoms with E-state index in [0.717, 1.165) is 18.5 Å². The van der Waals surface area contributed by atoms with Crippen LogP contribution in [0.5, 0.6) is 0 Å². The van der Waals surface area contributed by atoms with Gasteiger partial charge in [-0.25, -0.2) is 4.79 Å². The maximum Gasteiger partial charge on any atom is 0.410 e. The molecule has 1 amide bonds. The first-order chi connectivity index (χ1) is 8.18. The summed E-state index contributed by atoms with van der Waals surface area (Å²) >= 11 is 0. The standard InChI is InChI=1S/C14H19NO2/c1-11-8-9-15(12(11)2)14(16)17-10-13-6-4-3-5-7-13/h3-7,11-12H,8-10H2,1-2H3. The summed E-state index contributed by atoms with van der Waals surface area (Å²) in [7, 11) is 0. The molecular formula is C14H19NO2. The van der Waals surface area contributed by atoms with E-state index < -0.39 is 0 Å². The molecule has 1 fully saturated rings. The monoisotopic (exact) mass is 233 g/mol. The number of ether oxygens (including phenoxy) is 1. The van der Waals surface area contributed by atoms with Gasteiger partial charge >= 0.3 is 6.09 Å². The van der Waals surface area contributed by atoms with Crippen molar-refractivity contribution in [1.29, 1.82) is 0 Å². The van der Waals surface area contributed by atoms with E-state index in [9.17, 15) is 4.79 Å². The van der Waals surface area contributed by atoms with Crippen molar-refractivity contribution in [2.24, 2.45) is 5.92 Å². The molecule has 2 unspecified atom stereocenters. The van der Waals surface area contributed by atoms with Crippen LogP contribution in [0.2, 0.25) is 0 Å². The zero-order valence-electron chi connectivity index (χ0n) is 10.4. The Bertz CT molecular complexity index is 377. The third-order valence-corrected chi connectivity index (χ3v) is 3.58. The Kier molecular flexibility index (Phi) is 3.67. The molecule has 1 heterocycles. The Morgan fingerprint density at radius 2 is 2.06 bits per heavy atom. The minimum Gasteiger partial charge on any atom is -0.445 e. The lowest BCUT2D eigenvalue weighted by atomic mass is 10.1. The van der Waals surface area contributed by atoms with Gasteiger partial charge in [-0.1, -0.05) is 37.3 Å². The number of nitrogens with zero attached hydrogens (tertiary/aromatic N) is 1. The fourth-order valence-corrected chi connectivity index (χ4v) is 2.15. The average Bonchev–Trinajstić information content (AvgIpc) is 2.69. The van der Waals surface area contributed by atoms with Crippen molar-refractivity contribution >= 4 is 6.09 Å². The van der Waals surface area contributed by atoms with Crippen molar-refractivity contribution in [2.45, 2.75) is 32.9 Å². The lowest BCUT2D eigenvalue weighted by molar-refractivity contribution is 0.0918. The Morgan fingerprint density at radius 3 is 2.65 bits per heavy atom. The minimum absolute atomic E-state index is 0.189. The van der Waals surface area contributed by atoms with Crippen LogP contribution in [-0.2, 0) is 11.3 Å². The van der Waals surface area contributed by atoms with E-state index in [4.69, 9.17) is 4.74 Å². The van der Waals surface area contributed by atoms with Gasteiger partial charge in [0.1, 0.15) is 6.61 Å². The topological polar surface area (TPSA) is 29.5 Å². The van der Waals surface area contributed by atoms with Gasteiger partial charge in [0.15, 0.2) is 0 Å². The lowest BCUT2D eigenvalue weighted by Crippen LogP contribution is -2.35. The van der Waals surface area contributed by atoms with Gasteiger partial charge in [-0.05, 0) is 24.8 Å². The fourth-order valence-electron chi connectivity index (χ4n) is 2.15. The van der Waals surface area contributed by atoms with Gasteiger partial charge in [-0.3, -0.25) is 0 Å². The summed E-state index contributed by atoms with van der Waals surface area (Å²) in [6.45, 7) is 5.43. The molecule has 1 aliphatic heterocycles. The Hall–Kier alpha value is -1.51. The smallest absolute Gasteiger partial charge is 0.410 e. The SMILES string of the molecule is CC1CCN(C(=O)OCc2ccccc2)C1C. The number of hydrogen-bond acceptors (Lipinski definition) is 2. The van der Waals surface area contributed by atoms with Crippen LogP contribution in [0.3, 0.4) is 0 Å². The largest absolute Gasteiger partial charge is 0.445 e. The lowest BCUT2D eigenvalue weighted by Gasteiger charge is -2.22. The number of benzene rings is 1. The molecule has 1 saturated heterocycles. The van der Waals surface area contributed by atoms with Crippen LogP contribution in [0.25, 0.3) is 0 Å². The number of likely N-dealkylation sites (tertiary alicyclic amines) is 1. The van der Waals surface area contributed by atoms with E-state index in [1.54, 1.807) is 0 Å². The number of carbonyl (C=O) groups is 1. The molecule has 1 aliphatic rings. The molecule has 3 heteroatoms. The highest BCUT2D eigenvalue weighted by molar-refractivity contribution is 5.68. The van der Waals surface area contributed by atoms with Crippen LogP contribution in [0.1, 0.15) is 25.8 Å². The van der Waals surface area contributed by atoms with Gasteiger partial charge in [-0.2, -0.15) is 0 Å². The fraction of sp³-hybridized carbons (Fsp3) is 0.500. The Morgan fingerprint density at radius 1 is 1.35 bits per heavy atom. The summed E-state index contributed by atoms with van der Waals surface area (Å²) in [4.78, 5) is 13.7. The van der Waals surface area contributed by atoms with E-state index >= 15 is 0 Å². The zero-order valence-corrected chi connectivity index (χ0v) is 10.4. The summed E-state index contributed by atoms with van der Waals surface area (Å²) in [5, 5.41) is 0. The van der Waals surface area contributed by atoms with Crippen molar-refractivity contribution in [3.8, 4) is 0 Å². The van der Waals surface area contributed by atoms with Crippen LogP contribution < -0.4 is 0 Å². The molecule has 0 aliphatic carbocycles. The number of hydrogen-bond donors (Lipinski definition) is 0. The van der Waals surface area contributed by atoms with Crippen molar-refractivity contribution in [2.75, 3.05) is 6.54 Å². The second-order valence-corrected chi connectivity index (χ2v) is 4.74. The molecule has 0 aromatic heterocycles. The molecule has 0 bridgehead atoms. The third-order valence-electron chi connectivity index (χ3n) is 3.58. The van der Waals surface area contributed by atoms with Crippen LogP contribution in [0.4, 0.5) is 4.79 Å². The highest BCUT2D eigenvalue weighted by Crippen LogP contribution is 2.24. The van der Waals surface area contributed by atoms with E-state index in [1.807, 2.05) is 35.2 Å². The predicted octanol–water partition coefficient (Wildman–Crippen LogP) is 3.05. The van der Waals surface area contributed by atoms with Crippen LogP contribution in [0, 0.1) is 5.92 Å². The zero-order chi connectivity index (χ0) is 12.3. The highest BCUT2D eigenvalue weighted by Gasteiger charge is 2.31. The summed E-state index contributed by atoms with van der Waals surface area (Å²) in [6.07, 6.45) is 0.882. The first kappa shape index (κ1) is 12.0. The van der Waals surface area contributed by atoms with Gasteiger partial charge in [0, 0.05) is 12.6 Å². The second kappa shape index (κ2) is 5.21. The normalized spacial score (nSPS) is 23.8. The van der Waals surface area contributed by atoms with Gasteiger partial charge in [-0.15, -0.1) is 0 Å². The molecule has 0 radical (unpaired) electrons. The molecule has 0 saturated carbocycles. The second-order valence-electron chi connectivity index (χ2n) is 4.74. The quantitative estimate of drug-likeness (QED) is 0.785. The summed E-state index contributed by atoms with van der Waals surface area (Å²) < 4.78 is 5.32. The third kappa shape index (κ3) is 2.78. The molecule has 3 nitrogen and oxygen atoms in total. The number of amides is 1. The van der Waals surface area contributed by atoms with Crippen molar-refractivity contribution in [3.63, 3.8) is 0 Å². The van der Waals surface area contributed by atoms with Crippen LogP contribution in [0.15, 0.2) is 30.3 Å².